The van der Waals surface area contributed by atoms with Gasteiger partial charge in [-0.3, -0.25) is 4.79 Å². The first-order valence-electron chi connectivity index (χ1n) is 11.2. The predicted molar refractivity (Wildman–Crippen MR) is 128 cm³/mol. The monoisotopic (exact) mass is 458 g/mol. The third-order valence-corrected chi connectivity index (χ3v) is 6.42. The van der Waals surface area contributed by atoms with E-state index in [1.165, 1.54) is 13.4 Å². The van der Waals surface area contributed by atoms with E-state index in [9.17, 15) is 9.90 Å². The van der Waals surface area contributed by atoms with Crippen LogP contribution < -0.4 is 9.47 Å². The summed E-state index contributed by atoms with van der Waals surface area (Å²) in [6, 6.07) is 15.9. The zero-order chi connectivity index (χ0) is 23.8. The van der Waals surface area contributed by atoms with Crippen LogP contribution in [0.4, 0.5) is 0 Å². The Morgan fingerprint density at radius 1 is 1.15 bits per heavy atom. The van der Waals surface area contributed by atoms with Crippen molar-refractivity contribution >= 4 is 16.9 Å². The largest absolute Gasteiger partial charge is 0.504 e. The highest BCUT2D eigenvalue weighted by molar-refractivity contribution is 5.94. The van der Waals surface area contributed by atoms with Gasteiger partial charge in [0.15, 0.2) is 5.75 Å². The van der Waals surface area contributed by atoms with Crippen LogP contribution in [0, 0.1) is 13.8 Å². The molecule has 6 nitrogen and oxygen atoms in total. The number of methoxy groups -OCH3 is 1. The number of benzene rings is 3. The van der Waals surface area contributed by atoms with Gasteiger partial charge in [0.05, 0.1) is 25.5 Å². The SMILES string of the molecule is COC(=O)CC1COc2cc(OCc3cccc(-c4c(C)cc5occ(O)c5c4C)c3)ccc21. The summed E-state index contributed by atoms with van der Waals surface area (Å²) in [4.78, 5) is 11.6. The summed E-state index contributed by atoms with van der Waals surface area (Å²) in [6.45, 7) is 4.91. The van der Waals surface area contributed by atoms with Gasteiger partial charge in [0, 0.05) is 17.5 Å². The molecule has 6 heteroatoms. The van der Waals surface area contributed by atoms with E-state index in [0.717, 1.165) is 44.5 Å². The molecule has 34 heavy (non-hydrogen) atoms. The molecule has 5 rings (SSSR count). The number of carbonyl (C=O) groups excluding carboxylic acids is 1. The van der Waals surface area contributed by atoms with Crippen LogP contribution in [0.1, 0.15) is 34.6 Å². The lowest BCUT2D eigenvalue weighted by Crippen LogP contribution is -2.09. The fourth-order valence-corrected chi connectivity index (χ4v) is 4.76. The molecule has 1 aliphatic rings. The zero-order valence-corrected chi connectivity index (χ0v) is 19.4. The van der Waals surface area contributed by atoms with Gasteiger partial charge in [0.1, 0.15) is 30.0 Å². The van der Waals surface area contributed by atoms with Crippen molar-refractivity contribution in [2.45, 2.75) is 32.8 Å². The van der Waals surface area contributed by atoms with Crippen LogP contribution in [0.3, 0.4) is 0 Å². The van der Waals surface area contributed by atoms with E-state index in [0.29, 0.717) is 31.0 Å². The molecule has 1 unspecified atom stereocenters. The van der Waals surface area contributed by atoms with Crippen molar-refractivity contribution in [3.8, 4) is 28.4 Å². The number of carbonyl (C=O) groups is 1. The number of hydrogen-bond donors (Lipinski definition) is 1. The number of fused-ring (bicyclic) bond motifs is 2. The van der Waals surface area contributed by atoms with E-state index in [1.54, 1.807) is 0 Å². The molecule has 1 atom stereocenters. The van der Waals surface area contributed by atoms with Gasteiger partial charge in [0.25, 0.3) is 0 Å². The maximum absolute atomic E-state index is 11.6. The maximum Gasteiger partial charge on any atom is 0.306 e. The lowest BCUT2D eigenvalue weighted by Gasteiger charge is -2.13. The molecular weight excluding hydrogens is 432 g/mol. The first-order chi connectivity index (χ1) is 16.4. The summed E-state index contributed by atoms with van der Waals surface area (Å²) in [5, 5.41) is 11.0. The Labute approximate surface area is 197 Å². The van der Waals surface area contributed by atoms with Gasteiger partial charge in [-0.2, -0.15) is 0 Å². The number of rotatable bonds is 6. The second-order valence-corrected chi connectivity index (χ2v) is 8.66. The fraction of sp³-hybridized carbons (Fsp3) is 0.250. The number of ether oxygens (including phenoxy) is 3. The second-order valence-electron chi connectivity index (χ2n) is 8.66. The van der Waals surface area contributed by atoms with Crippen LogP contribution in [-0.2, 0) is 16.1 Å². The van der Waals surface area contributed by atoms with Crippen molar-refractivity contribution in [2.24, 2.45) is 0 Å². The van der Waals surface area contributed by atoms with Crippen LogP contribution in [0.5, 0.6) is 17.2 Å². The van der Waals surface area contributed by atoms with Gasteiger partial charge in [-0.25, -0.2) is 0 Å². The van der Waals surface area contributed by atoms with E-state index >= 15 is 0 Å². The van der Waals surface area contributed by atoms with Crippen LogP contribution in [0.15, 0.2) is 59.2 Å². The molecule has 0 spiro atoms. The maximum atomic E-state index is 11.6. The van der Waals surface area contributed by atoms with Gasteiger partial charge < -0.3 is 23.7 Å². The lowest BCUT2D eigenvalue weighted by molar-refractivity contribution is -0.141. The number of hydrogen-bond acceptors (Lipinski definition) is 6. The lowest BCUT2D eigenvalue weighted by atomic mass is 9.92. The molecule has 0 bridgehead atoms. The minimum absolute atomic E-state index is 0.00617. The Morgan fingerprint density at radius 2 is 2.00 bits per heavy atom. The first kappa shape index (κ1) is 21.9. The van der Waals surface area contributed by atoms with Gasteiger partial charge in [-0.15, -0.1) is 0 Å². The predicted octanol–water partition coefficient (Wildman–Crippen LogP) is 6.04. The molecule has 0 saturated carbocycles. The van der Waals surface area contributed by atoms with Crippen molar-refractivity contribution in [3.05, 3.63) is 77.0 Å². The van der Waals surface area contributed by atoms with Crippen molar-refractivity contribution in [3.63, 3.8) is 0 Å². The van der Waals surface area contributed by atoms with Crippen molar-refractivity contribution in [2.75, 3.05) is 13.7 Å². The average molecular weight is 459 g/mol. The minimum atomic E-state index is -0.241. The molecule has 1 aliphatic heterocycles. The number of furan rings is 1. The Balaban J connectivity index is 1.35. The summed E-state index contributed by atoms with van der Waals surface area (Å²) in [5.41, 5.74) is 6.91. The standard InChI is InChI=1S/C28H26O6/c1-16-9-25-28(23(29)15-34-25)17(2)27(16)19-6-4-5-18(10-19)13-32-21-7-8-22-20(11-26(30)31-3)14-33-24(22)12-21/h4-10,12,15,20,29H,11,13-14H2,1-3H3. The fourth-order valence-electron chi connectivity index (χ4n) is 4.76. The molecule has 0 fully saturated rings. The third-order valence-electron chi connectivity index (χ3n) is 6.42. The van der Waals surface area contributed by atoms with E-state index in [4.69, 9.17) is 18.6 Å². The molecule has 0 aliphatic carbocycles. The van der Waals surface area contributed by atoms with Crippen LogP contribution in [0.25, 0.3) is 22.1 Å². The summed E-state index contributed by atoms with van der Waals surface area (Å²) in [7, 11) is 1.40. The first-order valence-corrected chi connectivity index (χ1v) is 11.2. The van der Waals surface area contributed by atoms with E-state index in [-0.39, 0.29) is 17.6 Å². The molecular formula is C28H26O6. The Kier molecular flexibility index (Phi) is 5.65. The van der Waals surface area contributed by atoms with Gasteiger partial charge in [-0.1, -0.05) is 24.3 Å². The normalized spacial score (nSPS) is 14.6. The molecule has 0 amide bonds. The molecule has 0 radical (unpaired) electrons. The molecule has 174 valence electrons. The third kappa shape index (κ3) is 3.96. The zero-order valence-electron chi connectivity index (χ0n) is 19.4. The van der Waals surface area contributed by atoms with E-state index < -0.39 is 0 Å². The van der Waals surface area contributed by atoms with Crippen LogP contribution in [0.2, 0.25) is 0 Å². The minimum Gasteiger partial charge on any atom is -0.504 e. The number of aryl methyl sites for hydroxylation is 2. The van der Waals surface area contributed by atoms with Crippen molar-refractivity contribution < 1.29 is 28.5 Å². The molecule has 4 aromatic rings. The Hall–Kier alpha value is -3.93. The summed E-state index contributed by atoms with van der Waals surface area (Å²) in [6.07, 6.45) is 1.68. The molecule has 3 aromatic carbocycles. The van der Waals surface area contributed by atoms with Gasteiger partial charge in [-0.05, 0) is 59.9 Å². The topological polar surface area (TPSA) is 78.1 Å². The average Bonchev–Trinajstić information content (AvgIpc) is 3.40. The highest BCUT2D eigenvalue weighted by Gasteiger charge is 2.27. The highest BCUT2D eigenvalue weighted by atomic mass is 16.5. The van der Waals surface area contributed by atoms with Crippen molar-refractivity contribution in [1.82, 2.24) is 0 Å². The quantitative estimate of drug-likeness (QED) is 0.355. The van der Waals surface area contributed by atoms with Crippen LogP contribution >= 0.6 is 0 Å². The Morgan fingerprint density at radius 3 is 2.82 bits per heavy atom. The van der Waals surface area contributed by atoms with E-state index in [1.807, 2.05) is 50.2 Å². The number of esters is 1. The van der Waals surface area contributed by atoms with Crippen LogP contribution in [-0.4, -0.2) is 24.8 Å². The molecule has 0 saturated heterocycles. The van der Waals surface area contributed by atoms with Crippen molar-refractivity contribution in [1.29, 1.82) is 0 Å². The summed E-state index contributed by atoms with van der Waals surface area (Å²) in [5.74, 6) is 1.38. The molecule has 1 N–H and O–H groups in total. The summed E-state index contributed by atoms with van der Waals surface area (Å²) < 4.78 is 22.1. The smallest absolute Gasteiger partial charge is 0.306 e. The highest BCUT2D eigenvalue weighted by Crippen LogP contribution is 2.40. The molecule has 2 heterocycles. The van der Waals surface area contributed by atoms with Gasteiger partial charge >= 0.3 is 5.97 Å². The van der Waals surface area contributed by atoms with E-state index in [2.05, 4.69) is 12.1 Å². The Bertz CT molecular complexity index is 1380. The molecule has 1 aromatic heterocycles. The number of aromatic hydroxyl groups is 1. The summed E-state index contributed by atoms with van der Waals surface area (Å²) >= 11 is 0. The van der Waals surface area contributed by atoms with Gasteiger partial charge in [0.2, 0.25) is 0 Å². The second kappa shape index (κ2) is 8.78.